The molecule has 0 bridgehead atoms. The van der Waals surface area contributed by atoms with Crippen LogP contribution in [0.2, 0.25) is 0 Å². The van der Waals surface area contributed by atoms with Gasteiger partial charge in [-0.3, -0.25) is 4.40 Å². The van der Waals surface area contributed by atoms with Crippen molar-refractivity contribution in [1.82, 2.24) is 19.6 Å². The van der Waals surface area contributed by atoms with Gasteiger partial charge in [-0.25, -0.2) is 4.98 Å². The lowest BCUT2D eigenvalue weighted by atomic mass is 10.1. The molecule has 136 valence electrons. The van der Waals surface area contributed by atoms with Gasteiger partial charge in [0.15, 0.2) is 0 Å². The highest BCUT2D eigenvalue weighted by Gasteiger charge is 2.14. The van der Waals surface area contributed by atoms with E-state index in [1.165, 1.54) is 36.3 Å². The Morgan fingerprint density at radius 1 is 0.963 bits per heavy atom. The summed E-state index contributed by atoms with van der Waals surface area (Å²) in [6.45, 7) is 2.27. The molecule has 1 fully saturated rings. The Balaban J connectivity index is 1.52. The van der Waals surface area contributed by atoms with E-state index in [0.717, 1.165) is 40.6 Å². The number of nitrogens with zero attached hydrogens (tertiary/aromatic N) is 5. The van der Waals surface area contributed by atoms with Gasteiger partial charge in [0.25, 0.3) is 0 Å². The van der Waals surface area contributed by atoms with Gasteiger partial charge in [-0.1, -0.05) is 29.5 Å². The maximum atomic E-state index is 5.73. The quantitative estimate of drug-likeness (QED) is 0.583. The first-order valence-corrected chi connectivity index (χ1v) is 10.0. The Hall–Kier alpha value is -2.93. The number of anilines is 2. The molecule has 0 saturated carbocycles. The van der Waals surface area contributed by atoms with E-state index in [9.17, 15) is 0 Å². The van der Waals surface area contributed by atoms with Crippen molar-refractivity contribution in [2.75, 3.05) is 23.7 Å². The lowest BCUT2D eigenvalue weighted by Gasteiger charge is -2.28. The molecular weight excluding hydrogens is 356 g/mol. The molecule has 4 heterocycles. The van der Waals surface area contributed by atoms with Crippen LogP contribution in [-0.4, -0.2) is 32.7 Å². The zero-order valence-corrected chi connectivity index (χ0v) is 15.7. The van der Waals surface area contributed by atoms with Crippen molar-refractivity contribution in [1.29, 1.82) is 0 Å². The maximum absolute atomic E-state index is 5.73. The Kier molecular flexibility index (Phi) is 4.01. The summed E-state index contributed by atoms with van der Waals surface area (Å²) in [6, 6.07) is 12.6. The number of pyridine rings is 1. The van der Waals surface area contributed by atoms with Crippen molar-refractivity contribution < 1.29 is 0 Å². The summed E-state index contributed by atoms with van der Waals surface area (Å²) in [5, 5.41) is 9.37. The van der Waals surface area contributed by atoms with Gasteiger partial charge in [-0.15, -0.1) is 10.2 Å². The van der Waals surface area contributed by atoms with Crippen LogP contribution in [0, 0.1) is 0 Å². The third-order valence-corrected chi connectivity index (χ3v) is 5.87. The molecule has 0 unspecified atom stereocenters. The number of nitrogen functional groups attached to an aromatic ring is 1. The van der Waals surface area contributed by atoms with Crippen molar-refractivity contribution >= 4 is 27.8 Å². The van der Waals surface area contributed by atoms with Crippen LogP contribution < -0.4 is 10.6 Å². The number of hydrogen-bond donors (Lipinski definition) is 1. The van der Waals surface area contributed by atoms with Crippen molar-refractivity contribution in [2.24, 2.45) is 0 Å². The second kappa shape index (κ2) is 6.66. The molecule has 1 aromatic carbocycles. The molecular formula is C20H20N6S. The minimum atomic E-state index is 0.482. The lowest BCUT2D eigenvalue weighted by Crippen LogP contribution is -2.29. The van der Waals surface area contributed by atoms with Gasteiger partial charge >= 0.3 is 0 Å². The zero-order chi connectivity index (χ0) is 18.2. The largest absolute Gasteiger partial charge is 0.374 e. The van der Waals surface area contributed by atoms with E-state index in [1.807, 2.05) is 18.3 Å². The van der Waals surface area contributed by atoms with E-state index < -0.39 is 0 Å². The molecule has 0 spiro atoms. The number of piperidine rings is 1. The number of imidazole rings is 1. The number of nitrogens with two attached hydrogens (primary N) is 1. The van der Waals surface area contributed by atoms with Gasteiger partial charge in [-0.05, 0) is 31.4 Å². The minimum Gasteiger partial charge on any atom is -0.374 e. The summed E-state index contributed by atoms with van der Waals surface area (Å²) in [4.78, 5) is 7.10. The van der Waals surface area contributed by atoms with Gasteiger partial charge < -0.3 is 10.6 Å². The SMILES string of the molecule is Nc1nnc(-c2cccc(-c3cnc4cc(N5CCCCC5)ccn34)c2)s1. The van der Waals surface area contributed by atoms with Crippen molar-refractivity contribution in [3.05, 3.63) is 48.8 Å². The van der Waals surface area contributed by atoms with E-state index in [0.29, 0.717) is 5.13 Å². The Morgan fingerprint density at radius 3 is 2.63 bits per heavy atom. The molecule has 27 heavy (non-hydrogen) atoms. The van der Waals surface area contributed by atoms with E-state index in [4.69, 9.17) is 5.73 Å². The fourth-order valence-electron chi connectivity index (χ4n) is 3.70. The summed E-state index contributed by atoms with van der Waals surface area (Å²) in [6.07, 6.45) is 7.94. The number of fused-ring (bicyclic) bond motifs is 1. The van der Waals surface area contributed by atoms with Crippen molar-refractivity contribution in [3.8, 4) is 21.8 Å². The zero-order valence-electron chi connectivity index (χ0n) is 14.9. The van der Waals surface area contributed by atoms with E-state index in [2.05, 4.69) is 54.9 Å². The Bertz CT molecular complexity index is 1090. The minimum absolute atomic E-state index is 0.482. The first-order chi connectivity index (χ1) is 13.3. The third kappa shape index (κ3) is 3.04. The molecule has 1 aliphatic heterocycles. The number of benzene rings is 1. The molecule has 0 radical (unpaired) electrons. The predicted molar refractivity (Wildman–Crippen MR) is 110 cm³/mol. The van der Waals surface area contributed by atoms with Gasteiger partial charge in [-0.2, -0.15) is 0 Å². The van der Waals surface area contributed by atoms with Crippen LogP contribution in [0.25, 0.3) is 27.5 Å². The van der Waals surface area contributed by atoms with Crippen LogP contribution in [-0.2, 0) is 0 Å². The fourth-order valence-corrected chi connectivity index (χ4v) is 4.30. The first kappa shape index (κ1) is 16.3. The molecule has 0 atom stereocenters. The van der Waals surface area contributed by atoms with E-state index in [-0.39, 0.29) is 0 Å². The standard InChI is InChI=1S/C20H20N6S/c21-20-24-23-19(27-20)15-6-4-5-14(11-15)17-13-22-18-12-16(7-10-26(17)18)25-8-2-1-3-9-25/h4-7,10-13H,1-3,8-9H2,(H2,21,24). The van der Waals surface area contributed by atoms with Crippen LogP contribution in [0.4, 0.5) is 10.8 Å². The molecule has 0 amide bonds. The molecule has 0 aliphatic carbocycles. The Morgan fingerprint density at radius 2 is 1.81 bits per heavy atom. The second-order valence-corrected chi connectivity index (χ2v) is 7.84. The van der Waals surface area contributed by atoms with Crippen molar-refractivity contribution in [3.63, 3.8) is 0 Å². The van der Waals surface area contributed by atoms with Gasteiger partial charge in [0.2, 0.25) is 5.13 Å². The topological polar surface area (TPSA) is 72.3 Å². The van der Waals surface area contributed by atoms with Gasteiger partial charge in [0, 0.05) is 42.2 Å². The Labute approximate surface area is 161 Å². The second-order valence-electron chi connectivity index (χ2n) is 6.83. The summed E-state index contributed by atoms with van der Waals surface area (Å²) < 4.78 is 2.14. The summed E-state index contributed by atoms with van der Waals surface area (Å²) in [5.41, 5.74) is 11.1. The van der Waals surface area contributed by atoms with Gasteiger partial charge in [0.1, 0.15) is 10.7 Å². The number of hydrogen-bond acceptors (Lipinski definition) is 6. The van der Waals surface area contributed by atoms with Crippen LogP contribution in [0.3, 0.4) is 0 Å². The highest BCUT2D eigenvalue weighted by Crippen LogP contribution is 2.30. The monoisotopic (exact) mass is 376 g/mol. The molecule has 3 aromatic heterocycles. The third-order valence-electron chi connectivity index (χ3n) is 5.06. The van der Waals surface area contributed by atoms with Crippen LogP contribution in [0.5, 0.6) is 0 Å². The predicted octanol–water partition coefficient (Wildman–Crippen LogP) is 4.09. The molecule has 7 heteroatoms. The molecule has 1 saturated heterocycles. The highest BCUT2D eigenvalue weighted by atomic mass is 32.1. The normalized spacial score (nSPS) is 14.7. The highest BCUT2D eigenvalue weighted by molar-refractivity contribution is 7.18. The number of aromatic nitrogens is 4. The molecule has 6 nitrogen and oxygen atoms in total. The van der Waals surface area contributed by atoms with E-state index in [1.54, 1.807) is 0 Å². The van der Waals surface area contributed by atoms with Crippen molar-refractivity contribution in [2.45, 2.75) is 19.3 Å². The van der Waals surface area contributed by atoms with Crippen LogP contribution >= 0.6 is 11.3 Å². The first-order valence-electron chi connectivity index (χ1n) is 9.20. The molecule has 1 aliphatic rings. The summed E-state index contributed by atoms with van der Waals surface area (Å²) in [7, 11) is 0. The number of rotatable bonds is 3. The van der Waals surface area contributed by atoms with Gasteiger partial charge in [0.05, 0.1) is 11.9 Å². The molecule has 2 N–H and O–H groups in total. The lowest BCUT2D eigenvalue weighted by molar-refractivity contribution is 0.578. The average Bonchev–Trinajstić information content (AvgIpc) is 3.34. The van der Waals surface area contributed by atoms with E-state index >= 15 is 0 Å². The smallest absolute Gasteiger partial charge is 0.203 e. The maximum Gasteiger partial charge on any atom is 0.203 e. The van der Waals surface area contributed by atoms with Crippen LogP contribution in [0.1, 0.15) is 19.3 Å². The van der Waals surface area contributed by atoms with Crippen LogP contribution in [0.15, 0.2) is 48.8 Å². The molecule has 5 rings (SSSR count). The summed E-state index contributed by atoms with van der Waals surface area (Å²) >= 11 is 1.40. The molecule has 4 aromatic rings. The average molecular weight is 376 g/mol. The fraction of sp³-hybridized carbons (Fsp3) is 0.250. The summed E-state index contributed by atoms with van der Waals surface area (Å²) in [5.74, 6) is 0.